The quantitative estimate of drug-likeness (QED) is 0.894. The van der Waals surface area contributed by atoms with Gasteiger partial charge in [-0.25, -0.2) is 13.1 Å². The first-order valence-corrected chi connectivity index (χ1v) is 8.66. The van der Waals surface area contributed by atoms with Gasteiger partial charge in [-0.3, -0.25) is 0 Å². The van der Waals surface area contributed by atoms with Gasteiger partial charge in [0.25, 0.3) is 0 Å². The Morgan fingerprint density at radius 2 is 2.00 bits per heavy atom. The third kappa shape index (κ3) is 2.90. The summed E-state index contributed by atoms with van der Waals surface area (Å²) in [6.45, 7) is 6.47. The highest BCUT2D eigenvalue weighted by Crippen LogP contribution is 2.32. The largest absolute Gasteiger partial charge is 0.326 e. The Labute approximate surface area is 121 Å². The Hall–Kier alpha value is -0.910. The number of rotatable bonds is 4. The van der Waals surface area contributed by atoms with E-state index in [-0.39, 0.29) is 6.04 Å². The molecular formula is C15H24N2O2S. The highest BCUT2D eigenvalue weighted by Gasteiger charge is 2.33. The van der Waals surface area contributed by atoms with E-state index in [0.29, 0.717) is 23.3 Å². The summed E-state index contributed by atoms with van der Waals surface area (Å²) in [5.41, 5.74) is 7.28. The van der Waals surface area contributed by atoms with Gasteiger partial charge in [0.2, 0.25) is 10.0 Å². The molecule has 1 aliphatic carbocycles. The van der Waals surface area contributed by atoms with Gasteiger partial charge < -0.3 is 5.73 Å². The summed E-state index contributed by atoms with van der Waals surface area (Å²) in [4.78, 5) is 0.354. The van der Waals surface area contributed by atoms with Crippen molar-refractivity contribution in [3.05, 3.63) is 29.3 Å². The topological polar surface area (TPSA) is 72.2 Å². The average Bonchev–Trinajstić information content (AvgIpc) is 2.70. The van der Waals surface area contributed by atoms with Crippen LogP contribution in [0.1, 0.15) is 37.8 Å². The summed E-state index contributed by atoms with van der Waals surface area (Å²) < 4.78 is 28.0. The fourth-order valence-corrected chi connectivity index (χ4v) is 4.62. The maximum absolute atomic E-state index is 12.6. The summed E-state index contributed by atoms with van der Waals surface area (Å²) >= 11 is 0. The van der Waals surface area contributed by atoms with Crippen molar-refractivity contribution in [2.75, 3.05) is 0 Å². The second kappa shape index (κ2) is 5.84. The zero-order chi connectivity index (χ0) is 14.9. The molecule has 0 radical (unpaired) electrons. The average molecular weight is 296 g/mol. The van der Waals surface area contributed by atoms with E-state index in [0.717, 1.165) is 24.0 Å². The van der Waals surface area contributed by atoms with E-state index in [1.165, 1.54) is 0 Å². The number of hydrogen-bond donors (Lipinski definition) is 2. The molecule has 1 aromatic rings. The molecular weight excluding hydrogens is 272 g/mol. The van der Waals surface area contributed by atoms with Gasteiger partial charge in [-0.2, -0.15) is 0 Å². The van der Waals surface area contributed by atoms with Crippen LogP contribution in [-0.2, 0) is 16.6 Å². The van der Waals surface area contributed by atoms with E-state index in [9.17, 15) is 8.42 Å². The van der Waals surface area contributed by atoms with Crippen molar-refractivity contribution >= 4 is 10.0 Å². The highest BCUT2D eigenvalue weighted by molar-refractivity contribution is 7.89. The van der Waals surface area contributed by atoms with E-state index in [1.807, 2.05) is 13.0 Å². The molecule has 0 aliphatic heterocycles. The van der Waals surface area contributed by atoms with Crippen LogP contribution in [0, 0.1) is 18.8 Å². The summed E-state index contributed by atoms with van der Waals surface area (Å²) in [5.74, 6) is 0.946. The molecule has 3 atom stereocenters. The monoisotopic (exact) mass is 296 g/mol. The Morgan fingerprint density at radius 1 is 1.30 bits per heavy atom. The lowest BCUT2D eigenvalue weighted by molar-refractivity contribution is 0.402. The van der Waals surface area contributed by atoms with E-state index < -0.39 is 10.0 Å². The van der Waals surface area contributed by atoms with Gasteiger partial charge in [-0.1, -0.05) is 26.0 Å². The molecule has 1 fully saturated rings. The number of nitrogens with two attached hydrogens (primary N) is 1. The predicted octanol–water partition coefficient (Wildman–Crippen LogP) is 2.17. The fourth-order valence-electron chi connectivity index (χ4n) is 2.97. The summed E-state index contributed by atoms with van der Waals surface area (Å²) in [7, 11) is -3.47. The lowest BCUT2D eigenvalue weighted by Crippen LogP contribution is -2.37. The normalized spacial score (nSPS) is 26.9. The van der Waals surface area contributed by atoms with Crippen molar-refractivity contribution in [1.82, 2.24) is 4.72 Å². The molecule has 1 aliphatic rings. The number of benzene rings is 1. The van der Waals surface area contributed by atoms with Crippen LogP contribution in [0.2, 0.25) is 0 Å². The Bertz CT molecular complexity index is 584. The van der Waals surface area contributed by atoms with Crippen LogP contribution in [0.15, 0.2) is 23.1 Å². The highest BCUT2D eigenvalue weighted by atomic mass is 32.2. The van der Waals surface area contributed by atoms with Crippen molar-refractivity contribution < 1.29 is 8.42 Å². The van der Waals surface area contributed by atoms with E-state index in [1.54, 1.807) is 12.1 Å². The van der Waals surface area contributed by atoms with E-state index in [2.05, 4.69) is 18.6 Å². The minimum Gasteiger partial charge on any atom is -0.326 e. The molecule has 3 unspecified atom stereocenters. The lowest BCUT2D eigenvalue weighted by atomic mass is 9.98. The Morgan fingerprint density at radius 3 is 2.55 bits per heavy atom. The van der Waals surface area contributed by atoms with Crippen LogP contribution < -0.4 is 10.5 Å². The van der Waals surface area contributed by atoms with Gasteiger partial charge in [0.05, 0.1) is 4.90 Å². The first kappa shape index (κ1) is 15.5. The Kier molecular flexibility index (Phi) is 4.52. The Balaban J connectivity index is 2.27. The van der Waals surface area contributed by atoms with Crippen molar-refractivity contribution in [2.45, 2.75) is 51.1 Å². The molecule has 1 aromatic carbocycles. The zero-order valence-electron chi connectivity index (χ0n) is 12.4. The van der Waals surface area contributed by atoms with Crippen molar-refractivity contribution in [1.29, 1.82) is 0 Å². The standard InChI is InChI=1S/C15H24N2O2S/c1-10-7-8-14(11(10)2)17-20(18,19)15-6-4-5-13(9-16)12(15)3/h4-6,10-11,14,17H,7-9,16H2,1-3H3. The summed E-state index contributed by atoms with van der Waals surface area (Å²) in [6.07, 6.45) is 1.99. The molecule has 112 valence electrons. The third-order valence-electron chi connectivity index (χ3n) is 4.68. The molecule has 0 saturated heterocycles. The van der Waals surface area contributed by atoms with Crippen molar-refractivity contribution in [3.63, 3.8) is 0 Å². The SMILES string of the molecule is Cc1c(CN)cccc1S(=O)(=O)NC1CCC(C)C1C. The molecule has 1 saturated carbocycles. The molecule has 5 heteroatoms. The summed E-state index contributed by atoms with van der Waals surface area (Å²) in [5, 5.41) is 0. The van der Waals surface area contributed by atoms with Gasteiger partial charge in [-0.15, -0.1) is 0 Å². The molecule has 20 heavy (non-hydrogen) atoms. The van der Waals surface area contributed by atoms with Crippen LogP contribution in [-0.4, -0.2) is 14.5 Å². The first-order valence-electron chi connectivity index (χ1n) is 7.17. The van der Waals surface area contributed by atoms with Gasteiger partial charge in [0, 0.05) is 12.6 Å². The van der Waals surface area contributed by atoms with Crippen LogP contribution >= 0.6 is 0 Å². The molecule has 3 N–H and O–H groups in total. The first-order chi connectivity index (χ1) is 9.36. The minimum absolute atomic E-state index is 0.0379. The van der Waals surface area contributed by atoms with Gasteiger partial charge in [0.1, 0.15) is 0 Å². The predicted molar refractivity (Wildman–Crippen MR) is 80.7 cm³/mol. The second-order valence-corrected chi connectivity index (χ2v) is 7.57. The van der Waals surface area contributed by atoms with Crippen molar-refractivity contribution in [3.8, 4) is 0 Å². The van der Waals surface area contributed by atoms with E-state index >= 15 is 0 Å². The molecule has 2 rings (SSSR count). The lowest BCUT2D eigenvalue weighted by Gasteiger charge is -2.20. The van der Waals surface area contributed by atoms with Gasteiger partial charge in [-0.05, 0) is 48.8 Å². The smallest absolute Gasteiger partial charge is 0.241 e. The van der Waals surface area contributed by atoms with Crippen LogP contribution in [0.3, 0.4) is 0 Å². The van der Waals surface area contributed by atoms with Gasteiger partial charge in [0.15, 0.2) is 0 Å². The minimum atomic E-state index is -3.47. The molecule has 0 spiro atoms. The molecule has 0 bridgehead atoms. The number of sulfonamides is 1. The molecule has 0 amide bonds. The van der Waals surface area contributed by atoms with Crippen LogP contribution in [0.4, 0.5) is 0 Å². The van der Waals surface area contributed by atoms with Gasteiger partial charge >= 0.3 is 0 Å². The van der Waals surface area contributed by atoms with E-state index in [4.69, 9.17) is 5.73 Å². The number of hydrogen-bond acceptors (Lipinski definition) is 3. The van der Waals surface area contributed by atoms with Crippen LogP contribution in [0.25, 0.3) is 0 Å². The summed E-state index contributed by atoms with van der Waals surface area (Å²) in [6, 6.07) is 5.31. The second-order valence-electron chi connectivity index (χ2n) is 5.89. The van der Waals surface area contributed by atoms with Crippen molar-refractivity contribution in [2.24, 2.45) is 17.6 Å². The zero-order valence-corrected chi connectivity index (χ0v) is 13.2. The molecule has 4 nitrogen and oxygen atoms in total. The molecule has 0 heterocycles. The molecule has 0 aromatic heterocycles. The maximum Gasteiger partial charge on any atom is 0.241 e. The van der Waals surface area contributed by atoms with Crippen LogP contribution in [0.5, 0.6) is 0 Å². The fraction of sp³-hybridized carbons (Fsp3) is 0.600. The number of nitrogens with one attached hydrogen (secondary N) is 1. The third-order valence-corrected chi connectivity index (χ3v) is 6.31. The maximum atomic E-state index is 12.6.